The standard InChI is InChI=1S/C12H11NO4/c1-17-7-2-3-8-9(6-13-10(8)4-7)11(14)5-12(15)16/h2-4,6,13H,5H2,1H3,(H,15,16). The maximum atomic E-state index is 11.7. The lowest BCUT2D eigenvalue weighted by Gasteiger charge is -1.99. The van der Waals surface area contributed by atoms with Crippen LogP contribution in [0.25, 0.3) is 10.9 Å². The molecule has 88 valence electrons. The predicted octanol–water partition coefficient (Wildman–Crippen LogP) is 1.83. The number of hydrogen-bond acceptors (Lipinski definition) is 3. The first-order valence-corrected chi connectivity index (χ1v) is 5.02. The second-order valence-corrected chi connectivity index (χ2v) is 3.61. The Bertz CT molecular complexity index is 585. The first-order chi connectivity index (χ1) is 8.11. The molecule has 5 nitrogen and oxygen atoms in total. The van der Waals surface area contributed by atoms with Crippen LogP contribution in [0.3, 0.4) is 0 Å². The molecule has 0 saturated heterocycles. The maximum absolute atomic E-state index is 11.7. The summed E-state index contributed by atoms with van der Waals surface area (Å²) >= 11 is 0. The van der Waals surface area contributed by atoms with Crippen LogP contribution in [0.1, 0.15) is 16.8 Å². The van der Waals surface area contributed by atoms with Gasteiger partial charge in [-0.15, -0.1) is 0 Å². The van der Waals surface area contributed by atoms with E-state index in [1.807, 2.05) is 0 Å². The van der Waals surface area contributed by atoms with Gasteiger partial charge in [0.2, 0.25) is 0 Å². The Morgan fingerprint density at radius 3 is 2.82 bits per heavy atom. The number of nitrogens with one attached hydrogen (secondary N) is 1. The van der Waals surface area contributed by atoms with Crippen molar-refractivity contribution in [2.24, 2.45) is 0 Å². The van der Waals surface area contributed by atoms with E-state index in [4.69, 9.17) is 9.84 Å². The Kier molecular flexibility index (Phi) is 2.82. The van der Waals surface area contributed by atoms with Gasteiger partial charge in [-0.3, -0.25) is 9.59 Å². The van der Waals surface area contributed by atoms with Crippen molar-refractivity contribution < 1.29 is 19.4 Å². The Morgan fingerprint density at radius 1 is 1.41 bits per heavy atom. The van der Waals surface area contributed by atoms with Crippen LogP contribution in [0.2, 0.25) is 0 Å². The largest absolute Gasteiger partial charge is 0.497 e. The molecule has 0 bridgehead atoms. The molecule has 0 aliphatic heterocycles. The number of carboxylic acid groups (broad SMARTS) is 1. The number of ketones is 1. The van der Waals surface area contributed by atoms with Gasteiger partial charge in [-0.05, 0) is 12.1 Å². The fourth-order valence-electron chi connectivity index (χ4n) is 1.70. The third kappa shape index (κ3) is 2.13. The van der Waals surface area contributed by atoms with Crippen LogP contribution in [0.4, 0.5) is 0 Å². The molecule has 1 heterocycles. The smallest absolute Gasteiger partial charge is 0.311 e. The molecule has 2 rings (SSSR count). The molecule has 0 saturated carbocycles. The SMILES string of the molecule is COc1ccc2c(C(=O)CC(=O)O)c[nH]c2c1. The molecule has 0 radical (unpaired) electrons. The summed E-state index contributed by atoms with van der Waals surface area (Å²) in [5, 5.41) is 9.29. The molecule has 0 amide bonds. The average Bonchev–Trinajstić information content (AvgIpc) is 2.70. The predicted molar refractivity (Wildman–Crippen MR) is 61.4 cm³/mol. The number of H-pyrrole nitrogens is 1. The number of Topliss-reactive ketones (excluding diaryl/α,β-unsaturated/α-hetero) is 1. The van der Waals surface area contributed by atoms with Crippen LogP contribution in [0.5, 0.6) is 5.75 Å². The third-order valence-electron chi connectivity index (χ3n) is 2.50. The van der Waals surface area contributed by atoms with Gasteiger partial charge in [0.15, 0.2) is 5.78 Å². The molecule has 2 N–H and O–H groups in total. The van der Waals surface area contributed by atoms with Gasteiger partial charge in [-0.1, -0.05) is 0 Å². The topological polar surface area (TPSA) is 79.4 Å². The van der Waals surface area contributed by atoms with Crippen molar-refractivity contribution in [2.75, 3.05) is 7.11 Å². The summed E-state index contributed by atoms with van der Waals surface area (Å²) in [6.07, 6.45) is 1.02. The van der Waals surface area contributed by atoms with Gasteiger partial charge in [-0.25, -0.2) is 0 Å². The highest BCUT2D eigenvalue weighted by Crippen LogP contribution is 2.23. The van der Waals surface area contributed by atoms with E-state index >= 15 is 0 Å². The Hall–Kier alpha value is -2.30. The fraction of sp³-hybridized carbons (Fsp3) is 0.167. The summed E-state index contributed by atoms with van der Waals surface area (Å²) in [4.78, 5) is 25.1. The van der Waals surface area contributed by atoms with Gasteiger partial charge >= 0.3 is 5.97 Å². The zero-order chi connectivity index (χ0) is 12.4. The quantitative estimate of drug-likeness (QED) is 0.623. The van der Waals surface area contributed by atoms with Gasteiger partial charge < -0.3 is 14.8 Å². The Balaban J connectivity index is 2.43. The van der Waals surface area contributed by atoms with Crippen molar-refractivity contribution in [2.45, 2.75) is 6.42 Å². The van der Waals surface area contributed by atoms with E-state index in [9.17, 15) is 9.59 Å². The monoisotopic (exact) mass is 233 g/mol. The fourth-order valence-corrected chi connectivity index (χ4v) is 1.70. The van der Waals surface area contributed by atoms with Crippen molar-refractivity contribution in [3.63, 3.8) is 0 Å². The summed E-state index contributed by atoms with van der Waals surface area (Å²) in [6, 6.07) is 5.22. The number of aromatic amines is 1. The maximum Gasteiger partial charge on any atom is 0.311 e. The third-order valence-corrected chi connectivity index (χ3v) is 2.50. The summed E-state index contributed by atoms with van der Waals surface area (Å²) in [6.45, 7) is 0. The summed E-state index contributed by atoms with van der Waals surface area (Å²) in [5.74, 6) is -0.858. The molecule has 0 atom stereocenters. The van der Waals surface area contributed by atoms with Gasteiger partial charge in [-0.2, -0.15) is 0 Å². The van der Waals surface area contributed by atoms with E-state index in [1.54, 1.807) is 25.3 Å². The molecular formula is C12H11NO4. The van der Waals surface area contributed by atoms with Crippen LogP contribution in [-0.4, -0.2) is 29.0 Å². The molecule has 2 aromatic rings. The lowest BCUT2D eigenvalue weighted by atomic mass is 10.1. The molecule has 0 spiro atoms. The van der Waals surface area contributed by atoms with E-state index in [0.717, 1.165) is 5.52 Å². The number of aliphatic carboxylic acids is 1. The minimum absolute atomic E-state index is 0.394. The van der Waals surface area contributed by atoms with E-state index < -0.39 is 18.2 Å². The van der Waals surface area contributed by atoms with Crippen molar-refractivity contribution >= 4 is 22.7 Å². The normalized spacial score (nSPS) is 10.4. The first-order valence-electron chi connectivity index (χ1n) is 5.02. The highest BCUT2D eigenvalue weighted by Gasteiger charge is 2.15. The first kappa shape index (κ1) is 11.2. The molecule has 0 aliphatic carbocycles. The lowest BCUT2D eigenvalue weighted by Crippen LogP contribution is -2.06. The number of carbonyl (C=O) groups is 2. The number of ether oxygens (including phenoxy) is 1. The minimum atomic E-state index is -1.13. The van der Waals surface area contributed by atoms with Gasteiger partial charge in [0.25, 0.3) is 0 Å². The average molecular weight is 233 g/mol. The lowest BCUT2D eigenvalue weighted by molar-refractivity contribution is -0.135. The second kappa shape index (κ2) is 4.29. The highest BCUT2D eigenvalue weighted by molar-refractivity contribution is 6.13. The Morgan fingerprint density at radius 2 is 2.18 bits per heavy atom. The van der Waals surface area contributed by atoms with Gasteiger partial charge in [0.05, 0.1) is 7.11 Å². The van der Waals surface area contributed by atoms with Crippen LogP contribution in [-0.2, 0) is 4.79 Å². The van der Waals surface area contributed by atoms with Crippen molar-refractivity contribution in [3.05, 3.63) is 30.0 Å². The zero-order valence-corrected chi connectivity index (χ0v) is 9.19. The molecule has 5 heteroatoms. The molecule has 0 fully saturated rings. The van der Waals surface area contributed by atoms with Crippen molar-refractivity contribution in [1.29, 1.82) is 0 Å². The number of aromatic nitrogens is 1. The molecular weight excluding hydrogens is 222 g/mol. The number of carboxylic acids is 1. The molecule has 1 aromatic carbocycles. The van der Waals surface area contributed by atoms with E-state index in [2.05, 4.69) is 4.98 Å². The zero-order valence-electron chi connectivity index (χ0n) is 9.19. The molecule has 1 aromatic heterocycles. The summed E-state index contributed by atoms with van der Waals surface area (Å²) in [7, 11) is 1.56. The molecule has 0 aliphatic rings. The van der Waals surface area contributed by atoms with Gasteiger partial charge in [0.1, 0.15) is 12.2 Å². The number of rotatable bonds is 4. The number of carbonyl (C=O) groups excluding carboxylic acids is 1. The Labute approximate surface area is 97.0 Å². The van der Waals surface area contributed by atoms with Crippen molar-refractivity contribution in [3.8, 4) is 5.75 Å². The highest BCUT2D eigenvalue weighted by atomic mass is 16.5. The van der Waals surface area contributed by atoms with Gasteiger partial charge in [0, 0.05) is 28.7 Å². The van der Waals surface area contributed by atoms with Crippen molar-refractivity contribution in [1.82, 2.24) is 4.98 Å². The minimum Gasteiger partial charge on any atom is -0.497 e. The summed E-state index contributed by atoms with van der Waals surface area (Å²) < 4.78 is 5.06. The molecule has 0 unspecified atom stereocenters. The number of methoxy groups -OCH3 is 1. The van der Waals surface area contributed by atoms with Crippen LogP contribution in [0, 0.1) is 0 Å². The number of benzene rings is 1. The second-order valence-electron chi connectivity index (χ2n) is 3.61. The van der Waals surface area contributed by atoms with E-state index in [1.165, 1.54) is 6.20 Å². The number of hydrogen-bond donors (Lipinski definition) is 2. The van der Waals surface area contributed by atoms with Crippen LogP contribution in [0.15, 0.2) is 24.4 Å². The molecule has 17 heavy (non-hydrogen) atoms. The van der Waals surface area contributed by atoms with E-state index in [0.29, 0.717) is 16.7 Å². The van der Waals surface area contributed by atoms with E-state index in [-0.39, 0.29) is 0 Å². The summed E-state index contributed by atoms with van der Waals surface area (Å²) in [5.41, 5.74) is 1.14. The van der Waals surface area contributed by atoms with Crippen LogP contribution >= 0.6 is 0 Å². The van der Waals surface area contributed by atoms with Crippen LogP contribution < -0.4 is 4.74 Å². The number of fused-ring (bicyclic) bond motifs is 1.